The maximum absolute atomic E-state index is 9.82. The molecule has 2 rings (SSSR count). The SMILES string of the molecule is Cc1cc(C)cc(C(C)(CO)Nc2ccccc2)c1. The number of anilines is 1. The lowest BCUT2D eigenvalue weighted by molar-refractivity contribution is 0.224. The number of hydrogen-bond donors (Lipinski definition) is 2. The number of aliphatic hydroxyl groups excluding tert-OH is 1. The molecule has 1 atom stereocenters. The van der Waals surface area contributed by atoms with Crippen molar-refractivity contribution >= 4 is 5.69 Å². The van der Waals surface area contributed by atoms with Crippen LogP contribution in [0.3, 0.4) is 0 Å². The van der Waals surface area contributed by atoms with Crippen LogP contribution < -0.4 is 5.32 Å². The summed E-state index contributed by atoms with van der Waals surface area (Å²) in [5.41, 5.74) is 4.07. The minimum atomic E-state index is -0.474. The van der Waals surface area contributed by atoms with Crippen LogP contribution >= 0.6 is 0 Å². The molecule has 0 aliphatic rings. The minimum absolute atomic E-state index is 0.0464. The molecule has 2 nitrogen and oxygen atoms in total. The summed E-state index contributed by atoms with van der Waals surface area (Å²) < 4.78 is 0. The Morgan fingerprint density at radius 2 is 1.58 bits per heavy atom. The molecule has 19 heavy (non-hydrogen) atoms. The summed E-state index contributed by atoms with van der Waals surface area (Å²) in [6.45, 7) is 6.23. The van der Waals surface area contributed by atoms with Crippen LogP contribution in [0.4, 0.5) is 5.69 Å². The lowest BCUT2D eigenvalue weighted by Crippen LogP contribution is -2.36. The van der Waals surface area contributed by atoms with E-state index in [9.17, 15) is 5.11 Å². The molecular formula is C17H21NO. The first-order chi connectivity index (χ1) is 9.03. The fraction of sp³-hybridized carbons (Fsp3) is 0.294. The van der Waals surface area contributed by atoms with E-state index in [0.717, 1.165) is 11.3 Å². The first kappa shape index (κ1) is 13.6. The highest BCUT2D eigenvalue weighted by Gasteiger charge is 2.25. The van der Waals surface area contributed by atoms with Crippen LogP contribution in [0.25, 0.3) is 0 Å². The first-order valence-corrected chi connectivity index (χ1v) is 6.56. The normalized spacial score (nSPS) is 13.9. The van der Waals surface area contributed by atoms with Gasteiger partial charge in [0, 0.05) is 5.69 Å². The smallest absolute Gasteiger partial charge is 0.0828 e. The van der Waals surface area contributed by atoms with Gasteiger partial charge in [-0.15, -0.1) is 0 Å². The van der Waals surface area contributed by atoms with Crippen LogP contribution in [0, 0.1) is 13.8 Å². The summed E-state index contributed by atoms with van der Waals surface area (Å²) in [6.07, 6.45) is 0. The summed E-state index contributed by atoms with van der Waals surface area (Å²) in [7, 11) is 0. The Balaban J connectivity index is 2.36. The van der Waals surface area contributed by atoms with Crippen LogP contribution in [0.1, 0.15) is 23.6 Å². The van der Waals surface area contributed by atoms with E-state index in [4.69, 9.17) is 0 Å². The van der Waals surface area contributed by atoms with Gasteiger partial charge in [-0.2, -0.15) is 0 Å². The standard InChI is InChI=1S/C17H21NO/c1-13-9-14(2)11-15(10-13)17(3,12-19)18-16-7-5-4-6-8-16/h4-11,18-19H,12H2,1-3H3. The molecule has 0 aromatic heterocycles. The molecule has 2 heteroatoms. The van der Waals surface area contributed by atoms with E-state index in [1.807, 2.05) is 37.3 Å². The summed E-state index contributed by atoms with van der Waals surface area (Å²) in [5, 5.41) is 13.2. The van der Waals surface area contributed by atoms with Gasteiger partial charge >= 0.3 is 0 Å². The van der Waals surface area contributed by atoms with Crippen LogP contribution in [-0.2, 0) is 5.54 Å². The largest absolute Gasteiger partial charge is 0.394 e. The van der Waals surface area contributed by atoms with Gasteiger partial charge in [-0.25, -0.2) is 0 Å². The number of hydrogen-bond acceptors (Lipinski definition) is 2. The number of nitrogens with one attached hydrogen (secondary N) is 1. The molecule has 0 bridgehead atoms. The molecular weight excluding hydrogens is 234 g/mol. The molecule has 0 aliphatic carbocycles. The lowest BCUT2D eigenvalue weighted by atomic mass is 9.90. The number of aryl methyl sites for hydroxylation is 2. The lowest BCUT2D eigenvalue weighted by Gasteiger charge is -2.31. The first-order valence-electron chi connectivity index (χ1n) is 6.56. The summed E-state index contributed by atoms with van der Waals surface area (Å²) in [5.74, 6) is 0. The topological polar surface area (TPSA) is 32.3 Å². The van der Waals surface area contributed by atoms with Crippen molar-refractivity contribution in [3.63, 3.8) is 0 Å². The number of aliphatic hydroxyl groups is 1. The quantitative estimate of drug-likeness (QED) is 0.874. The predicted octanol–water partition coefficient (Wildman–Crippen LogP) is 3.62. The van der Waals surface area contributed by atoms with Gasteiger partial charge in [-0.1, -0.05) is 47.5 Å². The van der Waals surface area contributed by atoms with E-state index < -0.39 is 5.54 Å². The highest BCUT2D eigenvalue weighted by Crippen LogP contribution is 2.27. The molecule has 0 spiro atoms. The summed E-state index contributed by atoms with van der Waals surface area (Å²) in [4.78, 5) is 0. The van der Waals surface area contributed by atoms with E-state index in [0.29, 0.717) is 0 Å². The Labute approximate surface area is 115 Å². The van der Waals surface area contributed by atoms with Gasteiger partial charge in [0.1, 0.15) is 0 Å². The maximum Gasteiger partial charge on any atom is 0.0828 e. The zero-order chi connectivity index (χ0) is 13.9. The van der Waals surface area contributed by atoms with Crippen LogP contribution in [0.5, 0.6) is 0 Å². The van der Waals surface area contributed by atoms with Gasteiger partial charge in [0.25, 0.3) is 0 Å². The van der Waals surface area contributed by atoms with Crippen molar-refractivity contribution in [2.24, 2.45) is 0 Å². The van der Waals surface area contributed by atoms with Crippen LogP contribution in [0.2, 0.25) is 0 Å². The van der Waals surface area contributed by atoms with Crippen LogP contribution in [-0.4, -0.2) is 11.7 Å². The second-order valence-corrected chi connectivity index (χ2v) is 5.36. The van der Waals surface area contributed by atoms with Crippen LogP contribution in [0.15, 0.2) is 48.5 Å². The molecule has 0 fully saturated rings. The third-order valence-electron chi connectivity index (χ3n) is 3.37. The Hall–Kier alpha value is -1.80. The van der Waals surface area contributed by atoms with E-state index >= 15 is 0 Å². The minimum Gasteiger partial charge on any atom is -0.394 e. The van der Waals surface area contributed by atoms with E-state index in [1.54, 1.807) is 0 Å². The molecule has 2 N–H and O–H groups in total. The summed E-state index contributed by atoms with van der Waals surface area (Å²) in [6, 6.07) is 16.4. The molecule has 1 unspecified atom stereocenters. The van der Waals surface area contributed by atoms with Crippen molar-refractivity contribution in [3.05, 3.63) is 65.2 Å². The number of benzene rings is 2. The third kappa shape index (κ3) is 3.15. The maximum atomic E-state index is 9.82. The molecule has 2 aromatic carbocycles. The van der Waals surface area contributed by atoms with Gasteiger partial charge in [0.15, 0.2) is 0 Å². The Bertz CT molecular complexity index is 530. The average molecular weight is 255 g/mol. The van der Waals surface area contributed by atoms with Crippen molar-refractivity contribution in [3.8, 4) is 0 Å². The molecule has 0 aliphatic heterocycles. The molecule has 0 saturated heterocycles. The van der Waals surface area contributed by atoms with Gasteiger partial charge in [-0.05, 0) is 38.5 Å². The second kappa shape index (κ2) is 5.45. The molecule has 0 amide bonds. The molecule has 0 heterocycles. The molecule has 0 radical (unpaired) electrons. The summed E-state index contributed by atoms with van der Waals surface area (Å²) >= 11 is 0. The molecule has 2 aromatic rings. The zero-order valence-corrected chi connectivity index (χ0v) is 11.8. The number of rotatable bonds is 4. The van der Waals surface area contributed by atoms with Gasteiger partial charge in [0.05, 0.1) is 12.1 Å². The second-order valence-electron chi connectivity index (χ2n) is 5.36. The van der Waals surface area contributed by atoms with Gasteiger partial charge in [-0.3, -0.25) is 0 Å². The van der Waals surface area contributed by atoms with Crippen molar-refractivity contribution < 1.29 is 5.11 Å². The van der Waals surface area contributed by atoms with E-state index in [-0.39, 0.29) is 6.61 Å². The number of para-hydroxylation sites is 1. The highest BCUT2D eigenvalue weighted by atomic mass is 16.3. The average Bonchev–Trinajstić information content (AvgIpc) is 2.38. The fourth-order valence-electron chi connectivity index (χ4n) is 2.34. The Morgan fingerprint density at radius 3 is 2.11 bits per heavy atom. The van der Waals surface area contributed by atoms with Crippen molar-refractivity contribution in [2.45, 2.75) is 26.3 Å². The highest BCUT2D eigenvalue weighted by molar-refractivity contribution is 5.48. The predicted molar refractivity (Wildman–Crippen MR) is 80.4 cm³/mol. The molecule has 100 valence electrons. The van der Waals surface area contributed by atoms with Crippen molar-refractivity contribution in [1.82, 2.24) is 0 Å². The van der Waals surface area contributed by atoms with Gasteiger partial charge < -0.3 is 10.4 Å². The fourth-order valence-corrected chi connectivity index (χ4v) is 2.34. The van der Waals surface area contributed by atoms with Crippen molar-refractivity contribution in [1.29, 1.82) is 0 Å². The van der Waals surface area contributed by atoms with Crippen molar-refractivity contribution in [2.75, 3.05) is 11.9 Å². The Morgan fingerprint density at radius 1 is 1.00 bits per heavy atom. The van der Waals surface area contributed by atoms with E-state index in [2.05, 4.69) is 37.4 Å². The monoisotopic (exact) mass is 255 g/mol. The molecule has 0 saturated carbocycles. The Kier molecular flexibility index (Phi) is 3.91. The van der Waals surface area contributed by atoms with E-state index in [1.165, 1.54) is 11.1 Å². The van der Waals surface area contributed by atoms with Gasteiger partial charge in [0.2, 0.25) is 0 Å². The zero-order valence-electron chi connectivity index (χ0n) is 11.8. The third-order valence-corrected chi connectivity index (χ3v) is 3.37.